The van der Waals surface area contributed by atoms with Gasteiger partial charge in [-0.3, -0.25) is 4.79 Å². The summed E-state index contributed by atoms with van der Waals surface area (Å²) in [7, 11) is 3.11. The lowest BCUT2D eigenvalue weighted by atomic mass is 10.1. The fraction of sp³-hybridized carbons (Fsp3) is 0.250. The van der Waals surface area contributed by atoms with Gasteiger partial charge < -0.3 is 19.2 Å². The highest BCUT2D eigenvalue weighted by atomic mass is 19.1. The molecule has 0 aliphatic heterocycles. The summed E-state index contributed by atoms with van der Waals surface area (Å²) >= 11 is 0. The quantitative estimate of drug-likeness (QED) is 0.642. The van der Waals surface area contributed by atoms with Crippen molar-refractivity contribution in [3.63, 3.8) is 0 Å². The highest BCUT2D eigenvalue weighted by molar-refractivity contribution is 5.78. The number of halogens is 1. The number of hydrogen-bond acceptors (Lipinski definition) is 6. The van der Waals surface area contributed by atoms with Crippen LogP contribution in [0.3, 0.4) is 0 Å². The molecule has 3 aromatic rings. The van der Waals surface area contributed by atoms with Gasteiger partial charge in [0.1, 0.15) is 5.82 Å². The van der Waals surface area contributed by atoms with Crippen molar-refractivity contribution in [1.29, 1.82) is 0 Å². The van der Waals surface area contributed by atoms with Gasteiger partial charge in [-0.15, -0.1) is 10.2 Å². The molecular formula is C20H20FN3O4. The average molecular weight is 385 g/mol. The van der Waals surface area contributed by atoms with Crippen LogP contribution < -0.4 is 14.8 Å². The van der Waals surface area contributed by atoms with Crippen molar-refractivity contribution in [2.45, 2.75) is 12.8 Å². The molecule has 1 amide bonds. The van der Waals surface area contributed by atoms with Crippen molar-refractivity contribution in [3.05, 3.63) is 59.7 Å². The van der Waals surface area contributed by atoms with Gasteiger partial charge in [-0.1, -0.05) is 6.07 Å². The van der Waals surface area contributed by atoms with Crippen LogP contribution in [0.5, 0.6) is 11.5 Å². The number of hydrogen-bond donors (Lipinski definition) is 1. The maximum absolute atomic E-state index is 13.0. The highest BCUT2D eigenvalue weighted by Crippen LogP contribution is 2.27. The zero-order valence-corrected chi connectivity index (χ0v) is 15.6. The topological polar surface area (TPSA) is 86.5 Å². The molecule has 1 N–H and O–H groups in total. The third kappa shape index (κ3) is 4.85. The fourth-order valence-electron chi connectivity index (χ4n) is 2.61. The maximum atomic E-state index is 13.0. The lowest BCUT2D eigenvalue weighted by molar-refractivity contribution is -0.120. The molecule has 3 rings (SSSR count). The Morgan fingerprint density at radius 3 is 2.54 bits per heavy atom. The Morgan fingerprint density at radius 2 is 1.82 bits per heavy atom. The molecule has 146 valence electrons. The molecule has 0 fully saturated rings. The number of benzene rings is 2. The molecule has 1 aromatic heterocycles. The molecular weight excluding hydrogens is 365 g/mol. The third-order valence-electron chi connectivity index (χ3n) is 4.03. The van der Waals surface area contributed by atoms with E-state index < -0.39 is 0 Å². The number of aromatic nitrogens is 2. The van der Waals surface area contributed by atoms with Crippen LogP contribution in [0.25, 0.3) is 11.5 Å². The Morgan fingerprint density at radius 1 is 1.07 bits per heavy atom. The van der Waals surface area contributed by atoms with Crippen molar-refractivity contribution in [2.75, 3.05) is 20.8 Å². The zero-order valence-electron chi connectivity index (χ0n) is 15.6. The number of amides is 1. The lowest BCUT2D eigenvalue weighted by Gasteiger charge is -2.09. The average Bonchev–Trinajstić information content (AvgIpc) is 3.17. The molecule has 0 aliphatic rings. The fourth-order valence-corrected chi connectivity index (χ4v) is 2.61. The first-order valence-electron chi connectivity index (χ1n) is 8.65. The van der Waals surface area contributed by atoms with E-state index in [2.05, 4.69) is 15.5 Å². The summed E-state index contributed by atoms with van der Waals surface area (Å²) in [6, 6.07) is 11.1. The number of carbonyl (C=O) groups is 1. The first kappa shape index (κ1) is 19.3. The van der Waals surface area contributed by atoms with Gasteiger partial charge in [0.05, 0.1) is 20.6 Å². The number of nitrogens with zero attached hydrogens (tertiary/aromatic N) is 2. The van der Waals surface area contributed by atoms with Gasteiger partial charge in [-0.05, 0) is 42.0 Å². The van der Waals surface area contributed by atoms with Crippen LogP contribution in [0, 0.1) is 5.82 Å². The molecule has 0 unspecified atom stereocenters. The highest BCUT2D eigenvalue weighted by Gasteiger charge is 2.11. The summed E-state index contributed by atoms with van der Waals surface area (Å²) < 4.78 is 28.9. The predicted molar refractivity (Wildman–Crippen MR) is 99.7 cm³/mol. The van der Waals surface area contributed by atoms with Gasteiger partial charge in [0, 0.05) is 18.5 Å². The van der Waals surface area contributed by atoms with Crippen LogP contribution in [0.15, 0.2) is 46.9 Å². The van der Waals surface area contributed by atoms with E-state index in [1.165, 1.54) is 12.1 Å². The minimum Gasteiger partial charge on any atom is -0.493 e. The first-order valence-corrected chi connectivity index (χ1v) is 8.65. The Bertz CT molecular complexity index is 941. The van der Waals surface area contributed by atoms with E-state index in [1.54, 1.807) is 38.5 Å². The van der Waals surface area contributed by atoms with Crippen LogP contribution in [-0.4, -0.2) is 36.9 Å². The van der Waals surface area contributed by atoms with Gasteiger partial charge in [0.15, 0.2) is 11.5 Å². The zero-order chi connectivity index (χ0) is 19.9. The van der Waals surface area contributed by atoms with Gasteiger partial charge >= 0.3 is 0 Å². The van der Waals surface area contributed by atoms with E-state index in [0.717, 1.165) is 5.56 Å². The number of methoxy groups -OCH3 is 2. The first-order chi connectivity index (χ1) is 13.6. The second kappa shape index (κ2) is 8.98. The molecule has 7 nitrogen and oxygen atoms in total. The maximum Gasteiger partial charge on any atom is 0.247 e. The van der Waals surface area contributed by atoms with Crippen LogP contribution in [0.4, 0.5) is 4.39 Å². The van der Waals surface area contributed by atoms with Crippen molar-refractivity contribution in [1.82, 2.24) is 15.5 Å². The number of rotatable bonds is 8. The summed E-state index contributed by atoms with van der Waals surface area (Å²) in [6.07, 6.45) is 0.608. The molecule has 0 radical (unpaired) electrons. The second-order valence-electron chi connectivity index (χ2n) is 5.97. The second-order valence-corrected chi connectivity index (χ2v) is 5.97. The van der Waals surface area contributed by atoms with Crippen LogP contribution in [0.1, 0.15) is 11.5 Å². The molecule has 28 heavy (non-hydrogen) atoms. The van der Waals surface area contributed by atoms with Crippen LogP contribution >= 0.6 is 0 Å². The van der Waals surface area contributed by atoms with Gasteiger partial charge in [-0.25, -0.2) is 4.39 Å². The van der Waals surface area contributed by atoms with Crippen LogP contribution in [-0.2, 0) is 17.6 Å². The van der Waals surface area contributed by atoms with E-state index in [0.29, 0.717) is 41.8 Å². The van der Waals surface area contributed by atoms with Crippen molar-refractivity contribution in [2.24, 2.45) is 0 Å². The minimum atomic E-state index is -0.333. The summed E-state index contributed by atoms with van der Waals surface area (Å²) in [5.74, 6) is 1.43. The summed E-state index contributed by atoms with van der Waals surface area (Å²) in [5, 5.41) is 10.7. The molecule has 2 aromatic carbocycles. The Labute approximate surface area is 161 Å². The minimum absolute atomic E-state index is 0.134. The van der Waals surface area contributed by atoms with E-state index >= 15 is 0 Å². The molecule has 0 spiro atoms. The number of nitrogens with one attached hydrogen (secondary N) is 1. The molecule has 0 saturated carbocycles. The Hall–Kier alpha value is -3.42. The van der Waals surface area contributed by atoms with Gasteiger partial charge in [0.2, 0.25) is 17.7 Å². The van der Waals surface area contributed by atoms with E-state index in [4.69, 9.17) is 13.9 Å². The summed E-state index contributed by atoms with van der Waals surface area (Å²) in [6.45, 7) is 0.358. The third-order valence-corrected chi connectivity index (χ3v) is 4.03. The largest absolute Gasteiger partial charge is 0.493 e. The monoisotopic (exact) mass is 385 g/mol. The number of carbonyl (C=O) groups excluding carboxylic acids is 1. The SMILES string of the molecule is COc1ccc(CC(=O)NCCc2nnc(-c3ccc(F)cc3)o2)cc1OC. The Balaban J connectivity index is 1.50. The number of ether oxygens (including phenoxy) is 2. The van der Waals surface area contributed by atoms with Crippen molar-refractivity contribution < 1.29 is 23.1 Å². The summed E-state index contributed by atoms with van der Waals surface area (Å²) in [5.41, 5.74) is 1.45. The molecule has 8 heteroatoms. The van der Waals surface area contributed by atoms with Crippen molar-refractivity contribution >= 4 is 5.91 Å². The van der Waals surface area contributed by atoms with Crippen molar-refractivity contribution in [3.8, 4) is 23.0 Å². The van der Waals surface area contributed by atoms with Crippen LogP contribution in [0.2, 0.25) is 0 Å². The Kier molecular flexibility index (Phi) is 6.21. The molecule has 1 heterocycles. The van der Waals surface area contributed by atoms with Gasteiger partial charge in [-0.2, -0.15) is 0 Å². The molecule has 0 atom stereocenters. The van der Waals surface area contributed by atoms with E-state index in [9.17, 15) is 9.18 Å². The molecule has 0 saturated heterocycles. The van der Waals surface area contributed by atoms with Gasteiger partial charge in [0.25, 0.3) is 0 Å². The molecule has 0 bridgehead atoms. The lowest BCUT2D eigenvalue weighted by Crippen LogP contribution is -2.27. The normalized spacial score (nSPS) is 10.5. The smallest absolute Gasteiger partial charge is 0.247 e. The predicted octanol–water partition coefficient (Wildman–Crippen LogP) is 2.79. The van der Waals surface area contributed by atoms with E-state index in [1.807, 2.05) is 6.07 Å². The molecule has 0 aliphatic carbocycles. The standard InChI is InChI=1S/C20H20FN3O4/c1-26-16-8-3-13(11-17(16)27-2)12-18(25)22-10-9-19-23-24-20(28-19)14-4-6-15(21)7-5-14/h3-8,11H,9-10,12H2,1-2H3,(H,22,25). The summed E-state index contributed by atoms with van der Waals surface area (Å²) in [4.78, 5) is 12.1. The van der Waals surface area contributed by atoms with E-state index in [-0.39, 0.29) is 18.1 Å².